The van der Waals surface area contributed by atoms with Crippen LogP contribution in [-0.2, 0) is 17.2 Å². The zero-order valence-corrected chi connectivity index (χ0v) is 6.30. The van der Waals surface area contributed by atoms with Gasteiger partial charge in [-0.2, -0.15) is 0 Å². The van der Waals surface area contributed by atoms with Gasteiger partial charge < -0.3 is 5.11 Å². The minimum Gasteiger partial charge on any atom is -0.480 e. The molecule has 0 unspecified atom stereocenters. The molecule has 3 nitrogen and oxygen atoms in total. The van der Waals surface area contributed by atoms with E-state index in [1.807, 2.05) is 0 Å². The van der Waals surface area contributed by atoms with Crippen LogP contribution in [0, 0.1) is 0 Å². The van der Waals surface area contributed by atoms with Crippen LogP contribution < -0.4 is 0 Å². The van der Waals surface area contributed by atoms with Gasteiger partial charge in [0.25, 0.3) is 0 Å². The summed E-state index contributed by atoms with van der Waals surface area (Å²) in [5.41, 5.74) is 0. The van der Waals surface area contributed by atoms with Crippen LogP contribution in [0.25, 0.3) is 0 Å². The number of aliphatic carboxylic acids is 1. The summed E-state index contributed by atoms with van der Waals surface area (Å²) in [4.78, 5) is 10.2. The minimum absolute atomic E-state index is 0.447. The van der Waals surface area contributed by atoms with Crippen molar-refractivity contribution >= 4 is 18.4 Å². The summed E-state index contributed by atoms with van der Waals surface area (Å²) in [5.74, 6) is -0.961. The molecule has 0 radical (unpaired) electrons. The molecule has 1 atom stereocenters. The molecule has 10 heavy (non-hydrogen) atoms. The Balaban J connectivity index is 3.71. The van der Waals surface area contributed by atoms with Crippen molar-refractivity contribution in [3.05, 3.63) is 12.7 Å². The number of rotatable bonds is 5. The summed E-state index contributed by atoms with van der Waals surface area (Å²) in [5, 5.41) is 8.41. The molecule has 0 aromatic carbocycles. The molecule has 4 heteroatoms. The molecule has 0 amide bonds. The van der Waals surface area contributed by atoms with Crippen molar-refractivity contribution in [2.24, 2.45) is 4.36 Å². The third kappa shape index (κ3) is 3.29. The number of carbonyl (C=O) groups is 1. The van der Waals surface area contributed by atoms with Crippen molar-refractivity contribution in [3.8, 4) is 0 Å². The van der Waals surface area contributed by atoms with E-state index in [0.717, 1.165) is 0 Å². The predicted molar refractivity (Wildman–Crippen MR) is 40.6 cm³/mol. The number of allylic oxidation sites excluding steroid dienone is 1. The molecule has 0 aliphatic carbocycles. The first-order valence-electron chi connectivity index (χ1n) is 2.88. The van der Waals surface area contributed by atoms with Crippen molar-refractivity contribution < 1.29 is 9.90 Å². The molecule has 0 fully saturated rings. The molecule has 56 valence electrons. The van der Waals surface area contributed by atoms with Gasteiger partial charge in [0.2, 0.25) is 0 Å². The molecular formula is C6H9NO2S. The topological polar surface area (TPSA) is 49.7 Å². The lowest BCUT2D eigenvalue weighted by Gasteiger charge is -2.00. The molecule has 1 N–H and O–H groups in total. The van der Waals surface area contributed by atoms with Crippen LogP contribution in [0.15, 0.2) is 17.0 Å². The van der Waals surface area contributed by atoms with Crippen molar-refractivity contribution in [1.82, 2.24) is 0 Å². The second-order valence-corrected chi connectivity index (χ2v) is 2.04. The van der Waals surface area contributed by atoms with Gasteiger partial charge in [-0.25, -0.2) is 9.16 Å². The Kier molecular flexibility index (Phi) is 4.66. The molecular weight excluding hydrogens is 150 g/mol. The van der Waals surface area contributed by atoms with Crippen LogP contribution in [0.4, 0.5) is 0 Å². The molecule has 0 bridgehead atoms. The Morgan fingerprint density at radius 1 is 1.90 bits per heavy atom. The van der Waals surface area contributed by atoms with Gasteiger partial charge >= 0.3 is 5.97 Å². The Morgan fingerprint density at radius 3 is 2.80 bits per heavy atom. The van der Waals surface area contributed by atoms with Gasteiger partial charge in [0.05, 0.1) is 0 Å². The average molecular weight is 159 g/mol. The number of nitrogens with zero attached hydrogens (tertiary/aromatic N) is 1. The normalized spacial score (nSPS) is 12.0. The van der Waals surface area contributed by atoms with E-state index in [0.29, 0.717) is 12.8 Å². The zero-order chi connectivity index (χ0) is 7.98. The fourth-order valence-electron chi connectivity index (χ4n) is 0.497. The third-order valence-corrected chi connectivity index (χ3v) is 1.31. The van der Waals surface area contributed by atoms with E-state index in [4.69, 9.17) is 5.11 Å². The van der Waals surface area contributed by atoms with E-state index < -0.39 is 12.0 Å². The highest BCUT2D eigenvalue weighted by Gasteiger charge is 2.13. The number of hydrogen-bond donors (Lipinski definition) is 1. The van der Waals surface area contributed by atoms with Crippen molar-refractivity contribution in [1.29, 1.82) is 0 Å². The summed E-state index contributed by atoms with van der Waals surface area (Å²) in [6, 6.07) is -0.743. The SMILES string of the molecule is C=CCC[C@H](N=S)C(=O)O. The molecule has 0 aliphatic heterocycles. The summed E-state index contributed by atoms with van der Waals surface area (Å²) in [7, 11) is 0. The third-order valence-electron chi connectivity index (χ3n) is 1.06. The Bertz CT molecular complexity index is 147. The lowest BCUT2D eigenvalue weighted by Crippen LogP contribution is -2.16. The number of carboxylic acid groups (broad SMARTS) is 1. The maximum absolute atomic E-state index is 10.2. The average Bonchev–Trinajstić information content (AvgIpc) is 1.89. The van der Waals surface area contributed by atoms with E-state index in [1.54, 1.807) is 6.08 Å². The summed E-state index contributed by atoms with van der Waals surface area (Å²) in [6.07, 6.45) is 2.73. The molecule has 0 aromatic rings. The fourth-order valence-corrected chi connectivity index (χ4v) is 0.693. The largest absolute Gasteiger partial charge is 0.480 e. The molecule has 0 aromatic heterocycles. The molecule has 0 heterocycles. The van der Waals surface area contributed by atoms with E-state index in [1.165, 1.54) is 0 Å². The van der Waals surface area contributed by atoms with Gasteiger partial charge in [0.1, 0.15) is 0 Å². The standard InChI is InChI=1S/C6H9NO2S/c1-2-3-4-5(7-10)6(8)9/h2,5H,1,3-4H2,(H,8,9)/t5-/m0/s1. The number of carboxylic acids is 1. The highest BCUT2D eigenvalue weighted by Crippen LogP contribution is 2.01. The smallest absolute Gasteiger partial charge is 0.329 e. The lowest BCUT2D eigenvalue weighted by atomic mass is 10.2. The minimum atomic E-state index is -0.961. The van der Waals surface area contributed by atoms with E-state index in [9.17, 15) is 4.79 Å². The maximum Gasteiger partial charge on any atom is 0.329 e. The number of hydrogen-bond acceptors (Lipinski definition) is 3. The highest BCUT2D eigenvalue weighted by molar-refractivity contribution is 7.47. The lowest BCUT2D eigenvalue weighted by molar-refractivity contribution is -0.138. The molecule has 0 saturated carbocycles. The van der Waals surface area contributed by atoms with E-state index in [-0.39, 0.29) is 0 Å². The van der Waals surface area contributed by atoms with Crippen LogP contribution in [0.5, 0.6) is 0 Å². The predicted octanol–water partition coefficient (Wildman–Crippen LogP) is 1.14. The van der Waals surface area contributed by atoms with Crippen molar-refractivity contribution in [2.75, 3.05) is 0 Å². The van der Waals surface area contributed by atoms with Crippen LogP contribution in [-0.4, -0.2) is 17.1 Å². The zero-order valence-electron chi connectivity index (χ0n) is 5.49. The second kappa shape index (κ2) is 5.05. The molecule has 0 aliphatic rings. The van der Waals surface area contributed by atoms with E-state index >= 15 is 0 Å². The second-order valence-electron chi connectivity index (χ2n) is 1.83. The first-order chi connectivity index (χ1) is 4.72. The monoisotopic (exact) mass is 159 g/mol. The highest BCUT2D eigenvalue weighted by atomic mass is 32.1. The van der Waals surface area contributed by atoms with Gasteiger partial charge in [0.15, 0.2) is 6.04 Å². The quantitative estimate of drug-likeness (QED) is 0.612. The molecule has 0 spiro atoms. The molecule has 0 rings (SSSR count). The van der Waals surface area contributed by atoms with E-state index in [2.05, 4.69) is 23.4 Å². The maximum atomic E-state index is 10.2. The van der Waals surface area contributed by atoms with Gasteiger partial charge in [-0.1, -0.05) is 6.08 Å². The van der Waals surface area contributed by atoms with Crippen LogP contribution in [0.2, 0.25) is 0 Å². The Morgan fingerprint density at radius 2 is 2.50 bits per heavy atom. The Labute approximate surface area is 64.9 Å². The van der Waals surface area contributed by atoms with Gasteiger partial charge in [0, 0.05) is 12.4 Å². The van der Waals surface area contributed by atoms with Gasteiger partial charge in [-0.3, -0.25) is 0 Å². The van der Waals surface area contributed by atoms with Crippen LogP contribution in [0.1, 0.15) is 12.8 Å². The first kappa shape index (κ1) is 9.23. The van der Waals surface area contributed by atoms with Crippen molar-refractivity contribution in [2.45, 2.75) is 18.9 Å². The van der Waals surface area contributed by atoms with Gasteiger partial charge in [-0.15, -0.1) is 6.58 Å². The summed E-state index contributed by atoms with van der Waals surface area (Å²) >= 11 is 4.27. The fraction of sp³-hybridized carbons (Fsp3) is 0.500. The summed E-state index contributed by atoms with van der Waals surface area (Å²) in [6.45, 7) is 3.46. The molecule has 0 saturated heterocycles. The van der Waals surface area contributed by atoms with Crippen molar-refractivity contribution in [3.63, 3.8) is 0 Å². The first-order valence-corrected chi connectivity index (χ1v) is 3.25. The van der Waals surface area contributed by atoms with Gasteiger partial charge in [-0.05, 0) is 12.8 Å². The summed E-state index contributed by atoms with van der Waals surface area (Å²) < 4.78 is 3.26. The van der Waals surface area contributed by atoms with Crippen LogP contribution >= 0.6 is 0 Å². The van der Waals surface area contributed by atoms with Crippen LogP contribution in [0.3, 0.4) is 0 Å². The Hall–Kier alpha value is -0.770.